The van der Waals surface area contributed by atoms with Gasteiger partial charge in [-0.05, 0) is 41.7 Å². The zero-order valence-electron chi connectivity index (χ0n) is 19.6. The van der Waals surface area contributed by atoms with Crippen molar-refractivity contribution >= 4 is 23.7 Å². The van der Waals surface area contributed by atoms with Crippen LogP contribution in [0.2, 0.25) is 0 Å². The van der Waals surface area contributed by atoms with Gasteiger partial charge in [0, 0.05) is 18.7 Å². The summed E-state index contributed by atoms with van der Waals surface area (Å²) in [6, 6.07) is 17.5. The Bertz CT molecular complexity index is 1230. The Morgan fingerprint density at radius 3 is 2.26 bits per heavy atom. The fourth-order valence-corrected chi connectivity index (χ4v) is 4.19. The smallest absolute Gasteiger partial charge is 0.407 e. The highest BCUT2D eigenvalue weighted by Gasteiger charge is 2.33. The first-order chi connectivity index (χ1) is 16.8. The lowest BCUT2D eigenvalue weighted by atomic mass is 9.86. The van der Waals surface area contributed by atoms with E-state index in [4.69, 9.17) is 9.84 Å². The van der Waals surface area contributed by atoms with Crippen LogP contribution in [0.4, 0.5) is 10.5 Å². The summed E-state index contributed by atoms with van der Waals surface area (Å²) in [6.45, 7) is 3.80. The predicted octanol–water partition coefficient (Wildman–Crippen LogP) is 4.67. The van der Waals surface area contributed by atoms with Crippen molar-refractivity contribution in [1.29, 1.82) is 0 Å². The first kappa shape index (κ1) is 23.9. The summed E-state index contributed by atoms with van der Waals surface area (Å²) in [6.07, 6.45) is 2.41. The number of carbonyl (C=O) groups is 3. The van der Waals surface area contributed by atoms with Crippen molar-refractivity contribution < 1.29 is 24.2 Å². The molecule has 0 saturated carbocycles. The molecular formula is C27H27N3O5. The van der Waals surface area contributed by atoms with Crippen molar-refractivity contribution in [3.05, 3.63) is 83.7 Å². The number of pyridine rings is 1. The number of aromatic nitrogens is 1. The maximum Gasteiger partial charge on any atom is 0.407 e. The average molecular weight is 474 g/mol. The lowest BCUT2D eigenvalue weighted by Crippen LogP contribution is -2.43. The van der Waals surface area contributed by atoms with Gasteiger partial charge in [-0.3, -0.25) is 9.78 Å². The fraction of sp³-hybridized carbons (Fsp3) is 0.259. The van der Waals surface area contributed by atoms with Gasteiger partial charge in [-0.15, -0.1) is 0 Å². The zero-order chi connectivity index (χ0) is 25.0. The summed E-state index contributed by atoms with van der Waals surface area (Å²) in [5, 5.41) is 14.5. The molecule has 1 unspecified atom stereocenters. The standard InChI is InChI=1S/C27H27N3O5/c1-3-27(2,25(33)30-18-12-17(24(31)32)13-28-14-18)16-29-26(34)35-15-23-21-10-6-4-8-19(21)20-9-5-7-11-22(20)23/h4-14,23H,3,15-16H2,1-2H3,(H,29,34)(H,30,33)(H,31,32). The maximum atomic E-state index is 12.9. The fourth-order valence-electron chi connectivity index (χ4n) is 4.19. The van der Waals surface area contributed by atoms with Gasteiger partial charge in [-0.25, -0.2) is 9.59 Å². The molecule has 8 nitrogen and oxygen atoms in total. The molecule has 4 rings (SSSR count). The van der Waals surface area contributed by atoms with E-state index < -0.39 is 17.5 Å². The topological polar surface area (TPSA) is 118 Å². The van der Waals surface area contributed by atoms with Crippen LogP contribution >= 0.6 is 0 Å². The van der Waals surface area contributed by atoms with Crippen LogP contribution < -0.4 is 10.6 Å². The second-order valence-corrected chi connectivity index (χ2v) is 8.81. The number of nitrogens with zero attached hydrogens (tertiary/aromatic N) is 1. The Kier molecular flexibility index (Phi) is 6.82. The van der Waals surface area contributed by atoms with Crippen LogP contribution in [0.15, 0.2) is 67.0 Å². The van der Waals surface area contributed by atoms with E-state index in [1.54, 1.807) is 6.92 Å². The average Bonchev–Trinajstić information content (AvgIpc) is 3.19. The summed E-state index contributed by atoms with van der Waals surface area (Å²) in [4.78, 5) is 40.5. The molecule has 2 aromatic carbocycles. The SMILES string of the molecule is CCC(C)(CNC(=O)OCC1c2ccccc2-c2ccccc21)C(=O)Nc1cncc(C(=O)O)c1. The predicted molar refractivity (Wildman–Crippen MR) is 131 cm³/mol. The van der Waals surface area contributed by atoms with Crippen LogP contribution in [-0.2, 0) is 9.53 Å². The Labute approximate surface area is 203 Å². The molecule has 1 aliphatic carbocycles. The van der Waals surface area contributed by atoms with Crippen LogP contribution in [0.3, 0.4) is 0 Å². The lowest BCUT2D eigenvalue weighted by molar-refractivity contribution is -0.124. The normalized spacial score (nSPS) is 13.8. The number of anilines is 1. The van der Waals surface area contributed by atoms with Crippen LogP contribution in [0.25, 0.3) is 11.1 Å². The van der Waals surface area contributed by atoms with E-state index in [1.807, 2.05) is 43.3 Å². The molecule has 0 spiro atoms. The number of rotatable bonds is 8. The first-order valence-electron chi connectivity index (χ1n) is 11.4. The summed E-state index contributed by atoms with van der Waals surface area (Å²) in [7, 11) is 0. The van der Waals surface area contributed by atoms with Gasteiger partial charge in [0.25, 0.3) is 0 Å². The molecular weight excluding hydrogens is 446 g/mol. The zero-order valence-corrected chi connectivity index (χ0v) is 19.6. The van der Waals surface area contributed by atoms with E-state index in [0.717, 1.165) is 22.3 Å². The highest BCUT2D eigenvalue weighted by molar-refractivity contribution is 5.96. The van der Waals surface area contributed by atoms with Gasteiger partial charge in [0.2, 0.25) is 5.91 Å². The molecule has 1 atom stereocenters. The summed E-state index contributed by atoms with van der Waals surface area (Å²) in [5.74, 6) is -1.55. The first-order valence-corrected chi connectivity index (χ1v) is 11.4. The maximum absolute atomic E-state index is 12.9. The van der Waals surface area contributed by atoms with Crippen molar-refractivity contribution in [1.82, 2.24) is 10.3 Å². The molecule has 1 aliphatic rings. The highest BCUT2D eigenvalue weighted by atomic mass is 16.5. The van der Waals surface area contributed by atoms with Crippen molar-refractivity contribution in [2.75, 3.05) is 18.5 Å². The largest absolute Gasteiger partial charge is 0.478 e. The van der Waals surface area contributed by atoms with Gasteiger partial charge in [0.1, 0.15) is 6.61 Å². The number of benzene rings is 2. The molecule has 1 aromatic heterocycles. The number of hydrogen-bond donors (Lipinski definition) is 3. The molecule has 8 heteroatoms. The molecule has 180 valence electrons. The van der Waals surface area contributed by atoms with E-state index >= 15 is 0 Å². The molecule has 0 aliphatic heterocycles. The van der Waals surface area contributed by atoms with Crippen LogP contribution in [0, 0.1) is 5.41 Å². The van der Waals surface area contributed by atoms with Crippen LogP contribution in [0.1, 0.15) is 47.7 Å². The van der Waals surface area contributed by atoms with E-state index in [9.17, 15) is 14.4 Å². The van der Waals surface area contributed by atoms with Crippen molar-refractivity contribution in [2.45, 2.75) is 26.2 Å². The van der Waals surface area contributed by atoms with Gasteiger partial charge >= 0.3 is 12.1 Å². The molecule has 0 saturated heterocycles. The van der Waals surface area contributed by atoms with Gasteiger partial charge in [0.05, 0.1) is 22.9 Å². The third-order valence-corrected chi connectivity index (χ3v) is 6.54. The van der Waals surface area contributed by atoms with Crippen molar-refractivity contribution in [3.63, 3.8) is 0 Å². The van der Waals surface area contributed by atoms with E-state index in [1.165, 1.54) is 18.5 Å². The molecule has 35 heavy (non-hydrogen) atoms. The summed E-state index contributed by atoms with van der Waals surface area (Å²) < 4.78 is 5.56. The number of fused-ring (bicyclic) bond motifs is 3. The molecule has 2 amide bonds. The van der Waals surface area contributed by atoms with E-state index in [0.29, 0.717) is 6.42 Å². The van der Waals surface area contributed by atoms with E-state index in [2.05, 4.69) is 27.8 Å². The second-order valence-electron chi connectivity index (χ2n) is 8.81. The van der Waals surface area contributed by atoms with E-state index in [-0.39, 0.29) is 36.2 Å². The molecule has 0 fully saturated rings. The van der Waals surface area contributed by atoms with Gasteiger partial charge < -0.3 is 20.5 Å². The monoisotopic (exact) mass is 473 g/mol. The minimum atomic E-state index is -1.14. The van der Waals surface area contributed by atoms with Gasteiger partial charge in [0.15, 0.2) is 0 Å². The third kappa shape index (κ3) is 5.01. The number of amides is 2. The Morgan fingerprint density at radius 2 is 1.66 bits per heavy atom. The lowest BCUT2D eigenvalue weighted by Gasteiger charge is -2.27. The summed E-state index contributed by atoms with van der Waals surface area (Å²) >= 11 is 0. The third-order valence-electron chi connectivity index (χ3n) is 6.54. The number of carboxylic acids is 1. The number of ether oxygens (including phenoxy) is 1. The molecule has 0 radical (unpaired) electrons. The van der Waals surface area contributed by atoms with Crippen molar-refractivity contribution in [2.24, 2.45) is 5.41 Å². The minimum absolute atomic E-state index is 0.0298. The number of carbonyl (C=O) groups excluding carboxylic acids is 2. The number of alkyl carbamates (subject to hydrolysis) is 1. The Morgan fingerprint density at radius 1 is 1.03 bits per heavy atom. The summed E-state index contributed by atoms with van der Waals surface area (Å²) in [5.41, 5.74) is 3.84. The molecule has 1 heterocycles. The number of carboxylic acid groups (broad SMARTS) is 1. The molecule has 3 aromatic rings. The number of nitrogens with one attached hydrogen (secondary N) is 2. The van der Waals surface area contributed by atoms with Crippen LogP contribution in [-0.4, -0.2) is 41.2 Å². The second kappa shape index (κ2) is 9.97. The Balaban J connectivity index is 1.36. The van der Waals surface area contributed by atoms with Gasteiger partial charge in [-0.1, -0.05) is 55.5 Å². The number of aromatic carboxylic acids is 1. The molecule has 3 N–H and O–H groups in total. The van der Waals surface area contributed by atoms with Crippen molar-refractivity contribution in [3.8, 4) is 11.1 Å². The molecule has 0 bridgehead atoms. The Hall–Kier alpha value is -4.20. The number of hydrogen-bond acceptors (Lipinski definition) is 5. The quantitative estimate of drug-likeness (QED) is 0.438. The van der Waals surface area contributed by atoms with Crippen LogP contribution in [0.5, 0.6) is 0 Å². The highest BCUT2D eigenvalue weighted by Crippen LogP contribution is 2.44. The van der Waals surface area contributed by atoms with Gasteiger partial charge in [-0.2, -0.15) is 0 Å². The minimum Gasteiger partial charge on any atom is -0.478 e.